The number of halogens is 1. The van der Waals surface area contributed by atoms with E-state index < -0.39 is 0 Å². The van der Waals surface area contributed by atoms with Gasteiger partial charge in [-0.3, -0.25) is 0 Å². The highest BCUT2D eigenvalue weighted by molar-refractivity contribution is 6.30. The molecule has 2 heteroatoms. The minimum Gasteiger partial charge on any atom is -0.377 e. The molecule has 60 valence electrons. The first-order valence-electron chi connectivity index (χ1n) is 3.52. The van der Waals surface area contributed by atoms with Crippen molar-refractivity contribution in [3.63, 3.8) is 0 Å². The molecule has 0 aliphatic carbocycles. The van der Waals surface area contributed by atoms with E-state index in [0.717, 1.165) is 10.6 Å². The summed E-state index contributed by atoms with van der Waals surface area (Å²) in [4.78, 5) is 0. The molecule has 0 fully saturated rings. The second-order valence-corrected chi connectivity index (χ2v) is 2.87. The molecule has 0 aromatic heterocycles. The van der Waals surface area contributed by atoms with Gasteiger partial charge >= 0.3 is 0 Å². The molecule has 1 aromatic rings. The Kier molecular flexibility index (Phi) is 2.92. The number of ether oxygens (including phenoxy) is 1. The molecule has 0 aliphatic rings. The maximum absolute atomic E-state index is 5.72. The summed E-state index contributed by atoms with van der Waals surface area (Å²) in [5.74, 6) is 0. The van der Waals surface area contributed by atoms with E-state index in [9.17, 15) is 0 Å². The molecule has 0 saturated heterocycles. The summed E-state index contributed by atoms with van der Waals surface area (Å²) >= 11 is 5.72. The Hall–Kier alpha value is -0.530. The highest BCUT2D eigenvalue weighted by atomic mass is 35.5. The van der Waals surface area contributed by atoms with Gasteiger partial charge in [-0.15, -0.1) is 0 Å². The Labute approximate surface area is 71.9 Å². The zero-order valence-electron chi connectivity index (χ0n) is 6.67. The van der Waals surface area contributed by atoms with Crippen molar-refractivity contribution in [1.82, 2.24) is 0 Å². The van der Waals surface area contributed by atoms with Crippen LogP contribution in [0.1, 0.15) is 18.6 Å². The van der Waals surface area contributed by atoms with Gasteiger partial charge in [0.15, 0.2) is 0 Å². The van der Waals surface area contributed by atoms with Gasteiger partial charge in [0.1, 0.15) is 0 Å². The third-order valence-corrected chi connectivity index (χ3v) is 1.94. The number of hydrogen-bond acceptors (Lipinski definition) is 1. The summed E-state index contributed by atoms with van der Waals surface area (Å²) in [6.07, 6.45) is 0.146. The van der Waals surface area contributed by atoms with Gasteiger partial charge in [0.2, 0.25) is 0 Å². The average molecular weight is 171 g/mol. The number of benzene rings is 1. The lowest BCUT2D eigenvalue weighted by atomic mass is 10.1. The van der Waals surface area contributed by atoms with Crippen LogP contribution in [0.25, 0.3) is 0 Å². The fourth-order valence-corrected chi connectivity index (χ4v) is 0.996. The second-order valence-electron chi connectivity index (χ2n) is 2.43. The van der Waals surface area contributed by atoms with Crippen molar-refractivity contribution < 1.29 is 4.74 Å². The molecule has 0 saturated carbocycles. The molecule has 0 spiro atoms. The van der Waals surface area contributed by atoms with Crippen molar-refractivity contribution in [1.29, 1.82) is 0 Å². The third kappa shape index (κ3) is 2.21. The van der Waals surface area contributed by atoms with Crippen molar-refractivity contribution in [2.45, 2.75) is 13.0 Å². The molecular formula is C9H11ClO. The van der Waals surface area contributed by atoms with Gasteiger partial charge in [-0.25, -0.2) is 0 Å². The van der Waals surface area contributed by atoms with E-state index in [2.05, 4.69) is 0 Å². The van der Waals surface area contributed by atoms with Crippen LogP contribution in [-0.2, 0) is 4.74 Å². The van der Waals surface area contributed by atoms with Crippen LogP contribution in [0.5, 0.6) is 0 Å². The lowest BCUT2D eigenvalue weighted by molar-refractivity contribution is 0.119. The summed E-state index contributed by atoms with van der Waals surface area (Å²) in [6, 6.07) is 7.67. The second kappa shape index (κ2) is 3.74. The molecule has 1 aromatic carbocycles. The molecule has 1 rings (SSSR count). The van der Waals surface area contributed by atoms with E-state index >= 15 is 0 Å². The number of hydrogen-bond donors (Lipinski definition) is 0. The van der Waals surface area contributed by atoms with Crippen molar-refractivity contribution in [3.8, 4) is 0 Å². The number of rotatable bonds is 2. The molecule has 0 N–H and O–H groups in total. The maximum atomic E-state index is 5.72. The average Bonchev–Trinajstić information content (AvgIpc) is 2.05. The van der Waals surface area contributed by atoms with Crippen LogP contribution >= 0.6 is 11.6 Å². The van der Waals surface area contributed by atoms with E-state index in [4.69, 9.17) is 16.3 Å². The molecule has 1 nitrogen and oxygen atoms in total. The molecule has 0 unspecified atom stereocenters. The fourth-order valence-electron chi connectivity index (χ4n) is 0.870. The molecule has 0 bridgehead atoms. The smallest absolute Gasteiger partial charge is 0.0793 e. The molecule has 0 heterocycles. The van der Waals surface area contributed by atoms with Crippen LogP contribution in [0, 0.1) is 0 Å². The van der Waals surface area contributed by atoms with Crippen molar-refractivity contribution in [2.75, 3.05) is 7.11 Å². The van der Waals surface area contributed by atoms with Gasteiger partial charge in [-0.2, -0.15) is 0 Å². The van der Waals surface area contributed by atoms with Gasteiger partial charge < -0.3 is 4.74 Å². The van der Waals surface area contributed by atoms with Crippen LogP contribution < -0.4 is 0 Å². The predicted molar refractivity (Wildman–Crippen MR) is 46.9 cm³/mol. The Morgan fingerprint density at radius 2 is 1.82 bits per heavy atom. The first kappa shape index (κ1) is 8.57. The molecule has 11 heavy (non-hydrogen) atoms. The normalized spacial score (nSPS) is 13.0. The van der Waals surface area contributed by atoms with Crippen molar-refractivity contribution >= 4 is 11.6 Å². The van der Waals surface area contributed by atoms with Crippen LogP contribution in [0.2, 0.25) is 5.02 Å². The Balaban J connectivity index is 2.81. The quantitative estimate of drug-likeness (QED) is 0.663. The van der Waals surface area contributed by atoms with Crippen molar-refractivity contribution in [2.24, 2.45) is 0 Å². The fraction of sp³-hybridized carbons (Fsp3) is 0.333. The highest BCUT2D eigenvalue weighted by Gasteiger charge is 2.01. The van der Waals surface area contributed by atoms with E-state index in [-0.39, 0.29) is 6.10 Å². The van der Waals surface area contributed by atoms with Gasteiger partial charge in [-0.1, -0.05) is 23.7 Å². The summed E-state index contributed by atoms with van der Waals surface area (Å²) < 4.78 is 5.13. The van der Waals surface area contributed by atoms with E-state index in [1.54, 1.807) is 7.11 Å². The maximum Gasteiger partial charge on any atom is 0.0793 e. The van der Waals surface area contributed by atoms with E-state index in [1.807, 2.05) is 31.2 Å². The summed E-state index contributed by atoms with van der Waals surface area (Å²) in [5, 5.41) is 0.761. The number of methoxy groups -OCH3 is 1. The van der Waals surface area contributed by atoms with Crippen molar-refractivity contribution in [3.05, 3.63) is 34.9 Å². The summed E-state index contributed by atoms with van der Waals surface area (Å²) in [5.41, 5.74) is 1.15. The predicted octanol–water partition coefficient (Wildman–Crippen LogP) is 3.05. The Morgan fingerprint density at radius 3 is 2.27 bits per heavy atom. The molecule has 0 radical (unpaired) electrons. The summed E-state index contributed by atoms with van der Waals surface area (Å²) in [6.45, 7) is 2.00. The van der Waals surface area contributed by atoms with E-state index in [0.29, 0.717) is 0 Å². The zero-order valence-corrected chi connectivity index (χ0v) is 7.43. The molecule has 1 atom stereocenters. The molecule has 0 amide bonds. The van der Waals surface area contributed by atoms with Crippen LogP contribution in [0.4, 0.5) is 0 Å². The highest BCUT2D eigenvalue weighted by Crippen LogP contribution is 2.17. The van der Waals surface area contributed by atoms with Gasteiger partial charge in [0.05, 0.1) is 6.10 Å². The first-order chi connectivity index (χ1) is 5.24. The summed E-state index contributed by atoms with van der Waals surface area (Å²) in [7, 11) is 1.69. The van der Waals surface area contributed by atoms with Crippen LogP contribution in [0.15, 0.2) is 24.3 Å². The van der Waals surface area contributed by atoms with Gasteiger partial charge in [0, 0.05) is 12.1 Å². The van der Waals surface area contributed by atoms with E-state index in [1.165, 1.54) is 0 Å². The minimum absolute atomic E-state index is 0.146. The SMILES string of the molecule is CO[C@H](C)c1ccc(Cl)cc1. The standard InChI is InChI=1S/C9H11ClO/c1-7(11-2)8-3-5-9(10)6-4-8/h3-7H,1-2H3/t7-/m1/s1. The minimum atomic E-state index is 0.146. The lowest BCUT2D eigenvalue weighted by Gasteiger charge is -2.08. The molecular weight excluding hydrogens is 160 g/mol. The topological polar surface area (TPSA) is 9.23 Å². The monoisotopic (exact) mass is 170 g/mol. The van der Waals surface area contributed by atoms with Gasteiger partial charge in [-0.05, 0) is 24.6 Å². The lowest BCUT2D eigenvalue weighted by Crippen LogP contribution is -1.94. The third-order valence-electron chi connectivity index (χ3n) is 1.69. The van der Waals surface area contributed by atoms with Crippen LogP contribution in [-0.4, -0.2) is 7.11 Å². The van der Waals surface area contributed by atoms with Crippen LogP contribution in [0.3, 0.4) is 0 Å². The van der Waals surface area contributed by atoms with Gasteiger partial charge in [0.25, 0.3) is 0 Å². The zero-order chi connectivity index (χ0) is 8.27. The Morgan fingerprint density at radius 1 is 1.27 bits per heavy atom. The first-order valence-corrected chi connectivity index (χ1v) is 3.90. The molecule has 0 aliphatic heterocycles. The largest absolute Gasteiger partial charge is 0.377 e. The Bertz CT molecular complexity index is 218.